The van der Waals surface area contributed by atoms with E-state index in [1.165, 1.54) is 4.90 Å². The highest BCUT2D eigenvalue weighted by atomic mass is 16.6. The standard InChI is InChI=1S/C28H32N4O4/c1-19-7-11-21(12-8-19)23-17-24(30-32(23)22-13-9-20(18-29)10-14-22)31(26(35)36-27(2,3)4)16-15-28(5,6)25(33)34/h7-14,17H,15-16H2,1-6H3,(H,33,34). The van der Waals surface area contributed by atoms with Crippen molar-refractivity contribution in [3.8, 4) is 23.0 Å². The lowest BCUT2D eigenvalue weighted by molar-refractivity contribution is -0.147. The lowest BCUT2D eigenvalue weighted by Gasteiger charge is -2.28. The first-order valence-electron chi connectivity index (χ1n) is 11.7. The van der Waals surface area contributed by atoms with E-state index >= 15 is 0 Å². The molecule has 188 valence electrons. The maximum Gasteiger partial charge on any atom is 0.416 e. The maximum absolute atomic E-state index is 13.2. The number of nitriles is 1. The molecule has 0 saturated carbocycles. The third-order valence-electron chi connectivity index (χ3n) is 5.71. The Kier molecular flexibility index (Phi) is 7.54. The van der Waals surface area contributed by atoms with E-state index in [0.717, 1.165) is 16.8 Å². The number of aryl methyl sites for hydroxylation is 1. The Bertz CT molecular complexity index is 1280. The molecule has 0 aliphatic rings. The van der Waals surface area contributed by atoms with Gasteiger partial charge in [0.2, 0.25) is 0 Å². The number of carbonyl (C=O) groups excluding carboxylic acids is 1. The van der Waals surface area contributed by atoms with E-state index in [1.807, 2.05) is 31.2 Å². The van der Waals surface area contributed by atoms with Crippen molar-refractivity contribution in [2.45, 2.75) is 53.6 Å². The summed E-state index contributed by atoms with van der Waals surface area (Å²) in [5.74, 6) is -0.611. The molecule has 0 aliphatic carbocycles. The normalized spacial score (nSPS) is 11.6. The summed E-state index contributed by atoms with van der Waals surface area (Å²) in [5, 5.41) is 23.5. The van der Waals surface area contributed by atoms with Gasteiger partial charge in [0, 0.05) is 18.2 Å². The third kappa shape index (κ3) is 6.30. The SMILES string of the molecule is Cc1ccc(-c2cc(N(CCC(C)(C)C(=O)O)C(=O)OC(C)(C)C)nn2-c2ccc(C#N)cc2)cc1. The predicted octanol–water partition coefficient (Wildman–Crippen LogP) is 5.96. The second-order valence-electron chi connectivity index (χ2n) is 10.4. The number of carboxylic acids is 1. The van der Waals surface area contributed by atoms with Crippen molar-refractivity contribution in [1.29, 1.82) is 5.26 Å². The minimum absolute atomic E-state index is 0.103. The molecule has 0 fully saturated rings. The summed E-state index contributed by atoms with van der Waals surface area (Å²) in [7, 11) is 0. The Balaban J connectivity index is 2.12. The van der Waals surface area contributed by atoms with E-state index in [-0.39, 0.29) is 13.0 Å². The largest absolute Gasteiger partial charge is 0.481 e. The van der Waals surface area contributed by atoms with Crippen LogP contribution in [-0.2, 0) is 9.53 Å². The van der Waals surface area contributed by atoms with Crippen LogP contribution in [0.3, 0.4) is 0 Å². The van der Waals surface area contributed by atoms with Crippen LogP contribution >= 0.6 is 0 Å². The number of nitrogens with zero attached hydrogens (tertiary/aromatic N) is 4. The molecular weight excluding hydrogens is 456 g/mol. The molecule has 8 nitrogen and oxygen atoms in total. The minimum Gasteiger partial charge on any atom is -0.481 e. The smallest absolute Gasteiger partial charge is 0.416 e. The Morgan fingerprint density at radius 2 is 1.67 bits per heavy atom. The first-order chi connectivity index (χ1) is 16.8. The van der Waals surface area contributed by atoms with Crippen LogP contribution in [0.5, 0.6) is 0 Å². The maximum atomic E-state index is 13.2. The molecule has 2 aromatic carbocycles. The molecule has 8 heteroatoms. The van der Waals surface area contributed by atoms with Gasteiger partial charge in [-0.25, -0.2) is 9.48 Å². The topological polar surface area (TPSA) is 108 Å². The molecule has 3 rings (SSSR count). The van der Waals surface area contributed by atoms with Crippen LogP contribution < -0.4 is 4.90 Å². The van der Waals surface area contributed by atoms with Gasteiger partial charge in [-0.3, -0.25) is 9.69 Å². The monoisotopic (exact) mass is 488 g/mol. The van der Waals surface area contributed by atoms with E-state index in [1.54, 1.807) is 69.6 Å². The Labute approximate surface area is 211 Å². The Hall–Kier alpha value is -4.12. The zero-order valence-electron chi connectivity index (χ0n) is 21.6. The predicted molar refractivity (Wildman–Crippen MR) is 138 cm³/mol. The summed E-state index contributed by atoms with van der Waals surface area (Å²) < 4.78 is 7.35. The number of benzene rings is 2. The fraction of sp³-hybridized carbons (Fsp3) is 0.357. The van der Waals surface area contributed by atoms with Crippen molar-refractivity contribution in [2.24, 2.45) is 5.41 Å². The molecule has 0 atom stereocenters. The number of amides is 1. The number of carboxylic acid groups (broad SMARTS) is 1. The zero-order valence-corrected chi connectivity index (χ0v) is 21.6. The molecule has 0 bridgehead atoms. The average molecular weight is 489 g/mol. The van der Waals surface area contributed by atoms with E-state index < -0.39 is 23.1 Å². The van der Waals surface area contributed by atoms with Crippen LogP contribution in [0.1, 0.15) is 52.2 Å². The molecule has 0 radical (unpaired) electrons. The van der Waals surface area contributed by atoms with Crippen LogP contribution in [0.2, 0.25) is 0 Å². The van der Waals surface area contributed by atoms with Crippen LogP contribution in [0.15, 0.2) is 54.6 Å². The van der Waals surface area contributed by atoms with Crippen molar-refractivity contribution in [3.05, 3.63) is 65.7 Å². The van der Waals surface area contributed by atoms with Gasteiger partial charge in [-0.05, 0) is 72.2 Å². The molecular formula is C28H32N4O4. The number of hydrogen-bond donors (Lipinski definition) is 1. The van der Waals surface area contributed by atoms with Gasteiger partial charge in [-0.2, -0.15) is 5.26 Å². The average Bonchev–Trinajstić information content (AvgIpc) is 3.23. The second-order valence-corrected chi connectivity index (χ2v) is 10.4. The van der Waals surface area contributed by atoms with Crippen molar-refractivity contribution in [3.63, 3.8) is 0 Å². The van der Waals surface area contributed by atoms with E-state index in [2.05, 4.69) is 6.07 Å². The molecule has 0 unspecified atom stereocenters. The highest BCUT2D eigenvalue weighted by molar-refractivity contribution is 5.88. The van der Waals surface area contributed by atoms with Crippen molar-refractivity contribution in [1.82, 2.24) is 9.78 Å². The zero-order chi connectivity index (χ0) is 26.7. The quantitative estimate of drug-likeness (QED) is 0.439. The highest BCUT2D eigenvalue weighted by Gasteiger charge is 2.32. The first-order valence-corrected chi connectivity index (χ1v) is 11.7. The summed E-state index contributed by atoms with van der Waals surface area (Å²) >= 11 is 0. The third-order valence-corrected chi connectivity index (χ3v) is 5.71. The molecule has 0 saturated heterocycles. The van der Waals surface area contributed by atoms with Gasteiger partial charge in [0.05, 0.1) is 28.4 Å². The summed E-state index contributed by atoms with van der Waals surface area (Å²) in [6.07, 6.45) is -0.408. The molecule has 0 spiro atoms. The van der Waals surface area contributed by atoms with Crippen LogP contribution in [0, 0.1) is 23.7 Å². The number of aliphatic carboxylic acids is 1. The minimum atomic E-state index is -1.05. The number of hydrogen-bond acceptors (Lipinski definition) is 5. The summed E-state index contributed by atoms with van der Waals surface area (Å²) in [4.78, 5) is 26.3. The van der Waals surface area contributed by atoms with Crippen LogP contribution in [-0.4, -0.2) is 39.1 Å². The van der Waals surface area contributed by atoms with Crippen molar-refractivity contribution < 1.29 is 19.4 Å². The van der Waals surface area contributed by atoms with Crippen LogP contribution in [0.4, 0.5) is 10.6 Å². The molecule has 36 heavy (non-hydrogen) atoms. The van der Waals surface area contributed by atoms with Gasteiger partial charge < -0.3 is 9.84 Å². The Morgan fingerprint density at radius 3 is 2.19 bits per heavy atom. The van der Waals surface area contributed by atoms with Gasteiger partial charge >= 0.3 is 12.1 Å². The number of carbonyl (C=O) groups is 2. The second kappa shape index (κ2) is 10.2. The van der Waals surface area contributed by atoms with Gasteiger partial charge in [0.15, 0.2) is 5.82 Å². The van der Waals surface area contributed by atoms with E-state index in [4.69, 9.17) is 9.84 Å². The summed E-state index contributed by atoms with van der Waals surface area (Å²) in [6, 6.07) is 18.8. The van der Waals surface area contributed by atoms with Gasteiger partial charge in [0.25, 0.3) is 0 Å². The molecule has 1 N–H and O–H groups in total. The lowest BCUT2D eigenvalue weighted by atomic mass is 9.89. The van der Waals surface area contributed by atoms with Crippen LogP contribution in [0.25, 0.3) is 16.9 Å². The molecule has 3 aromatic rings. The van der Waals surface area contributed by atoms with Gasteiger partial charge in [-0.1, -0.05) is 29.8 Å². The molecule has 1 aromatic heterocycles. The molecule has 0 aliphatic heterocycles. The number of anilines is 1. The fourth-order valence-electron chi connectivity index (χ4n) is 3.42. The number of aromatic nitrogens is 2. The van der Waals surface area contributed by atoms with Gasteiger partial charge in [0.1, 0.15) is 5.60 Å². The number of rotatable bonds is 7. The number of ether oxygens (including phenoxy) is 1. The Morgan fingerprint density at radius 1 is 1.06 bits per heavy atom. The lowest BCUT2D eigenvalue weighted by Crippen LogP contribution is -2.40. The van der Waals surface area contributed by atoms with E-state index in [9.17, 15) is 20.0 Å². The van der Waals surface area contributed by atoms with Crippen molar-refractivity contribution in [2.75, 3.05) is 11.4 Å². The highest BCUT2D eigenvalue weighted by Crippen LogP contribution is 2.30. The van der Waals surface area contributed by atoms with Gasteiger partial charge in [-0.15, -0.1) is 5.10 Å². The fourth-order valence-corrected chi connectivity index (χ4v) is 3.42. The summed E-state index contributed by atoms with van der Waals surface area (Å²) in [5.41, 5.74) is 2.18. The van der Waals surface area contributed by atoms with Crippen molar-refractivity contribution >= 4 is 17.9 Å². The summed E-state index contributed by atoms with van der Waals surface area (Å²) in [6.45, 7) is 10.7. The molecule has 1 heterocycles. The molecule has 1 amide bonds. The first kappa shape index (κ1) is 26.5. The van der Waals surface area contributed by atoms with E-state index in [0.29, 0.717) is 17.1 Å².